The molecule has 1 aliphatic carbocycles. The lowest BCUT2D eigenvalue weighted by Gasteiger charge is -2.26. The minimum absolute atomic E-state index is 0.0277. The number of carbonyl (C=O) groups is 1. The average Bonchev–Trinajstić information content (AvgIpc) is 2.57. The molecule has 2 aromatic rings. The molecule has 2 nitrogen and oxygen atoms in total. The third-order valence-corrected chi connectivity index (χ3v) is 5.54. The van der Waals surface area contributed by atoms with Crippen LogP contribution in [0.4, 0.5) is 4.39 Å². The van der Waals surface area contributed by atoms with E-state index >= 15 is 0 Å². The Morgan fingerprint density at radius 1 is 1.29 bits per heavy atom. The van der Waals surface area contributed by atoms with E-state index in [9.17, 15) is 9.18 Å². The maximum atomic E-state index is 13.0. The SMILES string of the molecule is O=C(CSCc1ccc(F)cc1Cl)N[C@@H]1CCCc2ccccc21. The molecular weight excluding hydrogens is 345 g/mol. The van der Waals surface area contributed by atoms with Crippen LogP contribution in [0, 0.1) is 5.82 Å². The summed E-state index contributed by atoms with van der Waals surface area (Å²) in [7, 11) is 0. The van der Waals surface area contributed by atoms with Crippen molar-refractivity contribution in [2.24, 2.45) is 0 Å². The molecule has 0 aromatic heterocycles. The van der Waals surface area contributed by atoms with Gasteiger partial charge in [-0.3, -0.25) is 4.79 Å². The molecule has 2 aromatic carbocycles. The summed E-state index contributed by atoms with van der Waals surface area (Å²) in [6, 6.07) is 12.8. The maximum absolute atomic E-state index is 13.0. The Morgan fingerprint density at radius 2 is 2.12 bits per heavy atom. The molecular formula is C19H19ClFNOS. The highest BCUT2D eigenvalue weighted by molar-refractivity contribution is 7.99. The molecule has 1 N–H and O–H groups in total. The van der Waals surface area contributed by atoms with E-state index in [-0.39, 0.29) is 17.8 Å². The van der Waals surface area contributed by atoms with E-state index in [2.05, 4.69) is 17.4 Å². The summed E-state index contributed by atoms with van der Waals surface area (Å²) in [6.45, 7) is 0. The number of rotatable bonds is 5. The Balaban J connectivity index is 1.52. The first-order chi connectivity index (χ1) is 11.6. The smallest absolute Gasteiger partial charge is 0.230 e. The highest BCUT2D eigenvalue weighted by Gasteiger charge is 2.21. The van der Waals surface area contributed by atoms with Crippen molar-refractivity contribution in [3.05, 3.63) is 70.0 Å². The van der Waals surface area contributed by atoms with Crippen molar-refractivity contribution in [2.45, 2.75) is 31.1 Å². The van der Waals surface area contributed by atoms with Crippen LogP contribution >= 0.6 is 23.4 Å². The van der Waals surface area contributed by atoms with Crippen molar-refractivity contribution in [3.63, 3.8) is 0 Å². The molecule has 1 atom stereocenters. The lowest BCUT2D eigenvalue weighted by Crippen LogP contribution is -2.32. The molecule has 0 unspecified atom stereocenters. The minimum Gasteiger partial charge on any atom is -0.349 e. The third-order valence-electron chi connectivity index (χ3n) is 4.21. The Morgan fingerprint density at radius 3 is 2.96 bits per heavy atom. The molecule has 0 bridgehead atoms. The fourth-order valence-electron chi connectivity index (χ4n) is 3.03. The zero-order valence-electron chi connectivity index (χ0n) is 13.2. The fourth-order valence-corrected chi connectivity index (χ4v) is 4.19. The van der Waals surface area contributed by atoms with Crippen LogP contribution in [0.1, 0.15) is 35.6 Å². The summed E-state index contributed by atoms with van der Waals surface area (Å²) in [5, 5.41) is 3.54. The monoisotopic (exact) mass is 363 g/mol. The molecule has 5 heteroatoms. The van der Waals surface area contributed by atoms with Gasteiger partial charge in [-0.1, -0.05) is 41.9 Å². The van der Waals surface area contributed by atoms with Gasteiger partial charge >= 0.3 is 0 Å². The van der Waals surface area contributed by atoms with Crippen molar-refractivity contribution in [1.82, 2.24) is 5.32 Å². The van der Waals surface area contributed by atoms with E-state index in [1.165, 1.54) is 35.0 Å². The average molecular weight is 364 g/mol. The second-order valence-corrected chi connectivity index (χ2v) is 7.33. The number of thioether (sulfide) groups is 1. The number of carbonyl (C=O) groups excluding carboxylic acids is 1. The van der Waals surface area contributed by atoms with Gasteiger partial charge in [0.2, 0.25) is 5.91 Å². The van der Waals surface area contributed by atoms with Gasteiger partial charge in [-0.25, -0.2) is 4.39 Å². The number of hydrogen-bond acceptors (Lipinski definition) is 2. The standard InChI is InChI=1S/C19H19ClFNOS/c20-17-10-15(21)9-8-14(17)11-24-12-19(23)22-18-7-3-5-13-4-1-2-6-16(13)18/h1-2,4,6,8-10,18H,3,5,7,11-12H2,(H,22,23)/t18-/m1/s1. The van der Waals surface area contributed by atoms with E-state index in [4.69, 9.17) is 11.6 Å². The van der Waals surface area contributed by atoms with Gasteiger partial charge < -0.3 is 5.32 Å². The largest absolute Gasteiger partial charge is 0.349 e. The number of benzene rings is 2. The van der Waals surface area contributed by atoms with Gasteiger partial charge in [0.1, 0.15) is 5.82 Å². The summed E-state index contributed by atoms with van der Waals surface area (Å²) in [5.74, 6) is 0.641. The van der Waals surface area contributed by atoms with Gasteiger partial charge in [0.05, 0.1) is 11.8 Å². The first-order valence-corrected chi connectivity index (χ1v) is 9.55. The number of aryl methyl sites for hydroxylation is 1. The van der Waals surface area contributed by atoms with Crippen molar-refractivity contribution in [2.75, 3.05) is 5.75 Å². The number of amides is 1. The van der Waals surface area contributed by atoms with Crippen LogP contribution in [0.5, 0.6) is 0 Å². The molecule has 0 radical (unpaired) electrons. The van der Waals surface area contributed by atoms with Gasteiger partial charge in [-0.05, 0) is 48.1 Å². The minimum atomic E-state index is -0.345. The summed E-state index contributed by atoms with van der Waals surface area (Å²) in [5.41, 5.74) is 3.42. The predicted octanol–water partition coefficient (Wildman–Crippen LogP) is 4.91. The van der Waals surface area contributed by atoms with Gasteiger partial charge in [0.15, 0.2) is 0 Å². The van der Waals surface area contributed by atoms with E-state index < -0.39 is 0 Å². The maximum Gasteiger partial charge on any atom is 0.230 e. The molecule has 3 rings (SSSR count). The van der Waals surface area contributed by atoms with Crippen molar-refractivity contribution in [3.8, 4) is 0 Å². The van der Waals surface area contributed by atoms with Crippen molar-refractivity contribution < 1.29 is 9.18 Å². The number of fused-ring (bicyclic) bond motifs is 1. The third kappa shape index (κ3) is 4.31. The zero-order valence-corrected chi connectivity index (χ0v) is 14.8. The molecule has 1 amide bonds. The second-order valence-electron chi connectivity index (χ2n) is 5.94. The van der Waals surface area contributed by atoms with Crippen molar-refractivity contribution in [1.29, 1.82) is 0 Å². The molecule has 0 saturated heterocycles. The first kappa shape index (κ1) is 17.3. The molecule has 0 heterocycles. The van der Waals surface area contributed by atoms with Crippen LogP contribution in [0.15, 0.2) is 42.5 Å². The molecule has 24 heavy (non-hydrogen) atoms. The Hall–Kier alpha value is -1.52. The van der Waals surface area contributed by atoms with Crippen LogP contribution in [-0.4, -0.2) is 11.7 Å². The number of nitrogens with one attached hydrogen (secondary N) is 1. The van der Waals surface area contributed by atoms with E-state index in [1.54, 1.807) is 6.07 Å². The Kier molecular flexibility index (Phi) is 5.80. The summed E-state index contributed by atoms with van der Waals surface area (Å²) in [6.07, 6.45) is 3.16. The lowest BCUT2D eigenvalue weighted by molar-refractivity contribution is -0.119. The molecule has 0 spiro atoms. The van der Waals surface area contributed by atoms with E-state index in [0.29, 0.717) is 16.5 Å². The van der Waals surface area contributed by atoms with Crippen LogP contribution in [-0.2, 0) is 17.0 Å². The molecule has 0 fully saturated rings. The number of hydrogen-bond donors (Lipinski definition) is 1. The Labute approximate surface area is 150 Å². The van der Waals surface area contributed by atoms with Crippen molar-refractivity contribution >= 4 is 29.3 Å². The van der Waals surface area contributed by atoms with E-state index in [1.807, 2.05) is 12.1 Å². The first-order valence-electron chi connectivity index (χ1n) is 8.02. The Bertz CT molecular complexity index is 737. The van der Waals surface area contributed by atoms with Crippen LogP contribution in [0.3, 0.4) is 0 Å². The predicted molar refractivity (Wildman–Crippen MR) is 97.8 cm³/mol. The summed E-state index contributed by atoms with van der Waals surface area (Å²) >= 11 is 7.49. The molecule has 0 aliphatic heterocycles. The topological polar surface area (TPSA) is 29.1 Å². The molecule has 1 aliphatic rings. The molecule has 126 valence electrons. The highest BCUT2D eigenvalue weighted by Crippen LogP contribution is 2.29. The van der Waals surface area contributed by atoms with Crippen LogP contribution in [0.25, 0.3) is 0 Å². The molecule has 0 saturated carbocycles. The number of halogens is 2. The summed E-state index contributed by atoms with van der Waals surface area (Å²) in [4.78, 5) is 12.2. The van der Waals surface area contributed by atoms with Crippen LogP contribution < -0.4 is 5.32 Å². The van der Waals surface area contributed by atoms with Gasteiger partial charge in [-0.2, -0.15) is 0 Å². The second kappa shape index (κ2) is 8.04. The zero-order chi connectivity index (χ0) is 16.9. The highest BCUT2D eigenvalue weighted by atomic mass is 35.5. The van der Waals surface area contributed by atoms with E-state index in [0.717, 1.165) is 24.8 Å². The lowest BCUT2D eigenvalue weighted by atomic mass is 9.88. The quantitative estimate of drug-likeness (QED) is 0.818. The van der Waals surface area contributed by atoms with Gasteiger partial charge in [0, 0.05) is 10.8 Å². The normalized spacial score (nSPS) is 16.5. The van der Waals surface area contributed by atoms with Gasteiger partial charge in [0.25, 0.3) is 0 Å². The summed E-state index contributed by atoms with van der Waals surface area (Å²) < 4.78 is 13.0. The van der Waals surface area contributed by atoms with Crippen LogP contribution in [0.2, 0.25) is 5.02 Å². The van der Waals surface area contributed by atoms with Gasteiger partial charge in [-0.15, -0.1) is 11.8 Å². The fraction of sp³-hybridized carbons (Fsp3) is 0.316.